The van der Waals surface area contributed by atoms with Crippen LogP contribution in [0, 0.1) is 0 Å². The minimum atomic E-state index is -3.80. The van der Waals surface area contributed by atoms with Crippen molar-refractivity contribution in [3.05, 3.63) is 60.8 Å². The molecule has 0 spiro atoms. The third-order valence-corrected chi connectivity index (χ3v) is 11.6. The molecule has 0 aliphatic carbocycles. The van der Waals surface area contributed by atoms with Crippen LogP contribution in [0.1, 0.15) is 0 Å². The fraction of sp³-hybridized carbons (Fsp3) is 0.261. The lowest BCUT2D eigenvalue weighted by Crippen LogP contribution is -2.47. The molecular weight excluding hydrogens is 425 g/mol. The standard InChI is InChI=1S/C23H28N2O2SSi2/c1-29(2,3)21-14-10-9-13-20(21)28(26,27)25-22(30(4,5)6)15-19-23(25)18-12-8-7-11-17(18)16-24-19/h7-16H,1-6H3. The Labute approximate surface area is 180 Å². The summed E-state index contributed by atoms with van der Waals surface area (Å²) in [5, 5.41) is 3.70. The Hall–Kier alpha value is -2.23. The second-order valence-electron chi connectivity index (χ2n) is 9.87. The van der Waals surface area contributed by atoms with Crippen LogP contribution in [0.5, 0.6) is 0 Å². The zero-order valence-electron chi connectivity index (χ0n) is 18.4. The van der Waals surface area contributed by atoms with Gasteiger partial charge in [0.25, 0.3) is 10.0 Å². The quantitative estimate of drug-likeness (QED) is 0.428. The highest BCUT2D eigenvalue weighted by atomic mass is 32.2. The average molecular weight is 453 g/mol. The maximum atomic E-state index is 14.3. The first kappa shape index (κ1) is 21.0. The molecule has 0 N–H and O–H groups in total. The molecular formula is C23H28N2O2SSi2. The molecule has 2 aromatic carbocycles. The summed E-state index contributed by atoms with van der Waals surface area (Å²) in [6.07, 6.45) is 1.83. The molecule has 2 heterocycles. The molecule has 0 aliphatic heterocycles. The molecule has 2 aromatic heterocycles. The first-order valence-corrected chi connectivity index (χ1v) is 18.6. The summed E-state index contributed by atoms with van der Waals surface area (Å²) in [6, 6.07) is 17.4. The van der Waals surface area contributed by atoms with E-state index in [1.807, 2.05) is 54.7 Å². The predicted molar refractivity (Wildman–Crippen MR) is 132 cm³/mol. The summed E-state index contributed by atoms with van der Waals surface area (Å²) >= 11 is 0. The Balaban J connectivity index is 2.19. The maximum absolute atomic E-state index is 14.3. The number of aromatic nitrogens is 2. The molecule has 4 rings (SSSR count). The third-order valence-electron chi connectivity index (χ3n) is 5.48. The van der Waals surface area contributed by atoms with E-state index >= 15 is 0 Å². The van der Waals surface area contributed by atoms with Crippen LogP contribution < -0.4 is 10.5 Å². The Morgan fingerprint density at radius 2 is 1.47 bits per heavy atom. The number of hydrogen-bond acceptors (Lipinski definition) is 3. The van der Waals surface area contributed by atoms with E-state index in [2.05, 4.69) is 44.3 Å². The summed E-state index contributed by atoms with van der Waals surface area (Å²) in [4.78, 5) is 5.05. The van der Waals surface area contributed by atoms with Gasteiger partial charge in [-0.2, -0.15) is 0 Å². The molecule has 0 atom stereocenters. The average Bonchev–Trinajstić information content (AvgIpc) is 3.09. The second kappa shape index (κ2) is 6.90. The topological polar surface area (TPSA) is 52.0 Å². The molecule has 156 valence electrons. The second-order valence-corrected chi connectivity index (χ2v) is 21.7. The van der Waals surface area contributed by atoms with Gasteiger partial charge in [-0.15, -0.1) is 0 Å². The van der Waals surface area contributed by atoms with Gasteiger partial charge < -0.3 is 0 Å². The van der Waals surface area contributed by atoms with Crippen LogP contribution in [0.2, 0.25) is 39.3 Å². The van der Waals surface area contributed by atoms with Crippen LogP contribution in [-0.4, -0.2) is 33.5 Å². The molecule has 0 aliphatic rings. The summed E-state index contributed by atoms with van der Waals surface area (Å²) in [7, 11) is -7.68. The summed E-state index contributed by atoms with van der Waals surface area (Å²) < 4.78 is 30.1. The Morgan fingerprint density at radius 3 is 2.13 bits per heavy atom. The number of pyridine rings is 1. The Bertz CT molecular complexity index is 1380. The van der Waals surface area contributed by atoms with E-state index in [1.54, 1.807) is 10.0 Å². The zero-order chi connectivity index (χ0) is 21.9. The molecule has 30 heavy (non-hydrogen) atoms. The van der Waals surface area contributed by atoms with Gasteiger partial charge in [-0.3, -0.25) is 4.98 Å². The van der Waals surface area contributed by atoms with Gasteiger partial charge in [0, 0.05) is 22.3 Å². The maximum Gasteiger partial charge on any atom is 0.267 e. The predicted octanol–water partition coefficient (Wildman–Crippen LogP) is 4.52. The van der Waals surface area contributed by atoms with Crippen molar-refractivity contribution in [2.24, 2.45) is 0 Å². The van der Waals surface area contributed by atoms with Crippen LogP contribution in [0.15, 0.2) is 65.7 Å². The minimum Gasteiger partial charge on any atom is -0.254 e. The van der Waals surface area contributed by atoms with Crippen molar-refractivity contribution >= 4 is 58.5 Å². The highest BCUT2D eigenvalue weighted by molar-refractivity contribution is 7.90. The number of nitrogens with zero attached hydrogens (tertiary/aromatic N) is 2. The molecule has 0 radical (unpaired) electrons. The molecule has 7 heteroatoms. The minimum absolute atomic E-state index is 0.425. The van der Waals surface area contributed by atoms with E-state index in [-0.39, 0.29) is 0 Å². The molecule has 0 fully saturated rings. The van der Waals surface area contributed by atoms with Crippen molar-refractivity contribution in [3.63, 3.8) is 0 Å². The van der Waals surface area contributed by atoms with Gasteiger partial charge >= 0.3 is 0 Å². The first-order chi connectivity index (χ1) is 13.9. The van der Waals surface area contributed by atoms with E-state index in [4.69, 9.17) is 0 Å². The van der Waals surface area contributed by atoms with E-state index in [0.717, 1.165) is 26.8 Å². The van der Waals surface area contributed by atoms with Gasteiger partial charge in [-0.25, -0.2) is 12.4 Å². The first-order valence-electron chi connectivity index (χ1n) is 10.2. The monoisotopic (exact) mass is 452 g/mol. The van der Waals surface area contributed by atoms with Gasteiger partial charge in [0.2, 0.25) is 0 Å². The lowest BCUT2D eigenvalue weighted by Gasteiger charge is -2.24. The van der Waals surface area contributed by atoms with Gasteiger partial charge in [0.1, 0.15) is 8.07 Å². The van der Waals surface area contributed by atoms with Crippen molar-refractivity contribution in [2.45, 2.75) is 44.2 Å². The molecule has 0 amide bonds. The number of rotatable bonds is 4. The fourth-order valence-corrected chi connectivity index (χ4v) is 10.7. The van der Waals surface area contributed by atoms with Gasteiger partial charge in [-0.05, 0) is 17.3 Å². The van der Waals surface area contributed by atoms with E-state index < -0.39 is 26.2 Å². The van der Waals surface area contributed by atoms with Crippen LogP contribution in [0.4, 0.5) is 0 Å². The van der Waals surface area contributed by atoms with Gasteiger partial charge in [0.05, 0.1) is 24.0 Å². The van der Waals surface area contributed by atoms with Crippen LogP contribution in [0.25, 0.3) is 21.8 Å². The third kappa shape index (κ3) is 3.34. The number of hydrogen-bond donors (Lipinski definition) is 0. The van der Waals surface area contributed by atoms with Crippen molar-refractivity contribution in [3.8, 4) is 0 Å². The van der Waals surface area contributed by atoms with Crippen molar-refractivity contribution in [2.75, 3.05) is 0 Å². The summed E-state index contributed by atoms with van der Waals surface area (Å²) in [5.41, 5.74) is 1.43. The highest BCUT2D eigenvalue weighted by Gasteiger charge is 2.34. The van der Waals surface area contributed by atoms with E-state index in [9.17, 15) is 8.42 Å². The van der Waals surface area contributed by atoms with Gasteiger partial charge in [-0.1, -0.05) is 81.7 Å². The van der Waals surface area contributed by atoms with Gasteiger partial charge in [0.15, 0.2) is 0 Å². The smallest absolute Gasteiger partial charge is 0.254 e. The number of benzene rings is 2. The lowest BCUT2D eigenvalue weighted by molar-refractivity contribution is 0.590. The van der Waals surface area contributed by atoms with Crippen LogP contribution in [-0.2, 0) is 10.0 Å². The number of fused-ring (bicyclic) bond motifs is 3. The Morgan fingerprint density at radius 1 is 0.833 bits per heavy atom. The van der Waals surface area contributed by atoms with Crippen molar-refractivity contribution in [1.82, 2.24) is 8.96 Å². The molecule has 0 saturated heterocycles. The molecule has 4 aromatic rings. The summed E-state index contributed by atoms with van der Waals surface area (Å²) in [5.74, 6) is 0. The zero-order valence-corrected chi connectivity index (χ0v) is 21.2. The van der Waals surface area contributed by atoms with E-state index in [0.29, 0.717) is 10.4 Å². The normalized spacial score (nSPS) is 13.3. The Kier molecular flexibility index (Phi) is 4.83. The fourth-order valence-electron chi connectivity index (χ4n) is 3.97. The van der Waals surface area contributed by atoms with Crippen LogP contribution >= 0.6 is 0 Å². The largest absolute Gasteiger partial charge is 0.267 e. The van der Waals surface area contributed by atoms with Crippen molar-refractivity contribution < 1.29 is 8.42 Å². The SMILES string of the molecule is C[Si](C)(C)c1ccccc1S(=O)(=O)n1c([Si](C)(C)C)cc2ncc3ccccc3c21. The van der Waals surface area contributed by atoms with Crippen LogP contribution in [0.3, 0.4) is 0 Å². The molecule has 0 unspecified atom stereocenters. The molecule has 0 saturated carbocycles. The van der Waals surface area contributed by atoms with Crippen molar-refractivity contribution in [1.29, 1.82) is 0 Å². The molecule has 4 nitrogen and oxygen atoms in total. The van der Waals surface area contributed by atoms with E-state index in [1.165, 1.54) is 0 Å². The highest BCUT2D eigenvalue weighted by Crippen LogP contribution is 2.28. The lowest BCUT2D eigenvalue weighted by atomic mass is 10.1. The summed E-state index contributed by atoms with van der Waals surface area (Å²) in [6.45, 7) is 13.1. The molecule has 0 bridgehead atoms.